The largest absolute Gasteiger partial charge is 0.495 e. The van der Waals surface area contributed by atoms with E-state index in [1.54, 1.807) is 31.2 Å². The molecule has 8 heteroatoms. The van der Waals surface area contributed by atoms with E-state index in [9.17, 15) is 13.2 Å². The van der Waals surface area contributed by atoms with Crippen LogP contribution in [0.2, 0.25) is 5.02 Å². The van der Waals surface area contributed by atoms with Gasteiger partial charge in [0.25, 0.3) is 10.0 Å². The van der Waals surface area contributed by atoms with Gasteiger partial charge in [0.1, 0.15) is 12.3 Å². The lowest BCUT2D eigenvalue weighted by Gasteiger charge is -2.24. The van der Waals surface area contributed by atoms with Crippen molar-refractivity contribution in [1.29, 1.82) is 0 Å². The quantitative estimate of drug-likeness (QED) is 0.780. The summed E-state index contributed by atoms with van der Waals surface area (Å²) in [6, 6.07) is 11.0. The van der Waals surface area contributed by atoms with Crippen LogP contribution in [-0.2, 0) is 14.8 Å². The van der Waals surface area contributed by atoms with Crippen molar-refractivity contribution in [3.05, 3.63) is 53.1 Å². The Morgan fingerprint density at radius 2 is 1.85 bits per heavy atom. The highest BCUT2D eigenvalue weighted by Crippen LogP contribution is 2.31. The maximum absolute atomic E-state index is 13.1. The number of hydrogen-bond acceptors (Lipinski definition) is 4. The molecule has 0 aliphatic rings. The van der Waals surface area contributed by atoms with Crippen LogP contribution < -0.4 is 14.4 Å². The van der Waals surface area contributed by atoms with Gasteiger partial charge in [-0.1, -0.05) is 29.3 Å². The summed E-state index contributed by atoms with van der Waals surface area (Å²) in [5.41, 5.74) is 1.22. The Kier molecular flexibility index (Phi) is 6.50. The molecule has 2 aromatic rings. The monoisotopic (exact) mass is 396 g/mol. The fraction of sp³-hybridized carbons (Fsp3) is 0.278. The molecular weight excluding hydrogens is 376 g/mol. The van der Waals surface area contributed by atoms with Crippen molar-refractivity contribution in [3.8, 4) is 5.75 Å². The molecule has 1 N–H and O–H groups in total. The molecule has 0 radical (unpaired) electrons. The van der Waals surface area contributed by atoms with E-state index in [1.807, 2.05) is 6.92 Å². The lowest BCUT2D eigenvalue weighted by Crippen LogP contribution is -2.40. The highest BCUT2D eigenvalue weighted by molar-refractivity contribution is 7.92. The zero-order valence-electron chi connectivity index (χ0n) is 14.8. The predicted octanol–water partition coefficient (Wildman–Crippen LogP) is 2.99. The third kappa shape index (κ3) is 4.47. The van der Waals surface area contributed by atoms with Crippen LogP contribution >= 0.6 is 11.6 Å². The van der Waals surface area contributed by atoms with E-state index >= 15 is 0 Å². The Labute approximate surface area is 158 Å². The van der Waals surface area contributed by atoms with E-state index in [0.717, 1.165) is 9.87 Å². The summed E-state index contributed by atoms with van der Waals surface area (Å²) in [5, 5.41) is 2.87. The summed E-state index contributed by atoms with van der Waals surface area (Å²) >= 11 is 6.14. The summed E-state index contributed by atoms with van der Waals surface area (Å²) < 4.78 is 32.4. The molecule has 0 aliphatic heterocycles. The zero-order chi connectivity index (χ0) is 19.3. The van der Waals surface area contributed by atoms with Gasteiger partial charge in [-0.25, -0.2) is 8.42 Å². The number of carbonyl (C=O) groups excluding carboxylic acids is 1. The number of ether oxygens (including phenoxy) is 1. The molecule has 2 aromatic carbocycles. The van der Waals surface area contributed by atoms with Crippen LogP contribution in [0.15, 0.2) is 47.4 Å². The lowest BCUT2D eigenvalue weighted by atomic mass is 10.2. The molecule has 1 amide bonds. The zero-order valence-corrected chi connectivity index (χ0v) is 16.4. The average molecular weight is 397 g/mol. The van der Waals surface area contributed by atoms with Crippen LogP contribution in [0.25, 0.3) is 0 Å². The number of nitrogens with one attached hydrogen (secondary N) is 1. The first-order chi connectivity index (χ1) is 12.3. The smallest absolute Gasteiger partial charge is 0.264 e. The van der Waals surface area contributed by atoms with E-state index in [4.69, 9.17) is 16.3 Å². The minimum atomic E-state index is -3.95. The number of amides is 1. The molecule has 0 atom stereocenters. The molecule has 0 spiro atoms. The molecule has 0 saturated carbocycles. The highest BCUT2D eigenvalue weighted by Gasteiger charge is 2.27. The van der Waals surface area contributed by atoms with Crippen LogP contribution in [0.5, 0.6) is 5.75 Å². The number of rotatable bonds is 7. The van der Waals surface area contributed by atoms with Crippen LogP contribution in [0, 0.1) is 6.92 Å². The number of anilines is 1. The van der Waals surface area contributed by atoms with E-state index in [1.165, 1.54) is 25.3 Å². The lowest BCUT2D eigenvalue weighted by molar-refractivity contribution is -0.119. The number of aryl methyl sites for hydroxylation is 1. The second kappa shape index (κ2) is 8.42. The normalized spacial score (nSPS) is 11.1. The predicted molar refractivity (Wildman–Crippen MR) is 102 cm³/mol. The van der Waals surface area contributed by atoms with Gasteiger partial charge in [-0.15, -0.1) is 0 Å². The number of likely N-dealkylation sites (N-methyl/N-ethyl adjacent to an activating group) is 1. The number of halogens is 1. The first-order valence-electron chi connectivity index (χ1n) is 7.99. The molecule has 0 unspecified atom stereocenters. The van der Waals surface area contributed by atoms with Crippen LogP contribution in [0.1, 0.15) is 12.5 Å². The van der Waals surface area contributed by atoms with Crippen molar-refractivity contribution in [2.75, 3.05) is 24.5 Å². The summed E-state index contributed by atoms with van der Waals surface area (Å²) in [5.74, 6) is 0.0104. The highest BCUT2D eigenvalue weighted by atomic mass is 35.5. The van der Waals surface area contributed by atoms with E-state index < -0.39 is 15.9 Å². The topological polar surface area (TPSA) is 75.7 Å². The van der Waals surface area contributed by atoms with Crippen molar-refractivity contribution in [1.82, 2.24) is 5.32 Å². The second-order valence-corrected chi connectivity index (χ2v) is 7.87. The van der Waals surface area contributed by atoms with Crippen molar-refractivity contribution in [3.63, 3.8) is 0 Å². The van der Waals surface area contributed by atoms with Crippen molar-refractivity contribution in [2.45, 2.75) is 18.7 Å². The van der Waals surface area contributed by atoms with Gasteiger partial charge < -0.3 is 10.1 Å². The Hall–Kier alpha value is -2.25. The maximum Gasteiger partial charge on any atom is 0.264 e. The number of nitrogens with zero attached hydrogens (tertiary/aromatic N) is 1. The fourth-order valence-corrected chi connectivity index (χ4v) is 4.01. The summed E-state index contributed by atoms with van der Waals surface area (Å²) in [6.45, 7) is 3.68. The Bertz CT molecular complexity index is 883. The molecule has 6 nitrogen and oxygen atoms in total. The summed E-state index contributed by atoms with van der Waals surface area (Å²) in [4.78, 5) is 12.2. The Balaban J connectivity index is 2.51. The molecule has 0 aliphatic carbocycles. The van der Waals surface area contributed by atoms with Gasteiger partial charge in [0.05, 0.1) is 22.7 Å². The first-order valence-corrected chi connectivity index (χ1v) is 9.81. The van der Waals surface area contributed by atoms with Gasteiger partial charge in [-0.05, 0) is 44.2 Å². The number of hydrogen-bond donors (Lipinski definition) is 1. The molecule has 0 saturated heterocycles. The molecule has 26 heavy (non-hydrogen) atoms. The Morgan fingerprint density at radius 3 is 2.38 bits per heavy atom. The van der Waals surface area contributed by atoms with Gasteiger partial charge in [0.15, 0.2) is 0 Å². The maximum atomic E-state index is 13.1. The minimum Gasteiger partial charge on any atom is -0.495 e. The average Bonchev–Trinajstić information content (AvgIpc) is 2.60. The van der Waals surface area contributed by atoms with Crippen LogP contribution in [0.3, 0.4) is 0 Å². The van der Waals surface area contributed by atoms with Gasteiger partial charge in [0.2, 0.25) is 5.91 Å². The van der Waals surface area contributed by atoms with Gasteiger partial charge in [0, 0.05) is 6.54 Å². The number of benzene rings is 2. The molecule has 0 bridgehead atoms. The molecule has 2 rings (SSSR count). The van der Waals surface area contributed by atoms with Crippen LogP contribution in [-0.4, -0.2) is 34.5 Å². The number of methoxy groups -OCH3 is 1. The fourth-order valence-electron chi connectivity index (χ4n) is 2.35. The molecule has 140 valence electrons. The molecule has 0 heterocycles. The first kappa shape index (κ1) is 20.1. The van der Waals surface area contributed by atoms with E-state index in [2.05, 4.69) is 5.32 Å². The summed E-state index contributed by atoms with van der Waals surface area (Å²) in [6.07, 6.45) is 0. The van der Waals surface area contributed by atoms with E-state index in [0.29, 0.717) is 12.3 Å². The SMILES string of the molecule is CCNC(=O)CN(c1ccc(OC)c(Cl)c1)S(=O)(=O)c1ccc(C)cc1. The van der Waals surface area contributed by atoms with Gasteiger partial charge in [-0.3, -0.25) is 9.10 Å². The summed E-state index contributed by atoms with van der Waals surface area (Å²) in [7, 11) is -2.48. The van der Waals surface area contributed by atoms with Crippen molar-refractivity contribution < 1.29 is 17.9 Å². The number of sulfonamides is 1. The van der Waals surface area contributed by atoms with Gasteiger partial charge >= 0.3 is 0 Å². The minimum absolute atomic E-state index is 0.0966. The van der Waals surface area contributed by atoms with E-state index in [-0.39, 0.29) is 22.2 Å². The van der Waals surface area contributed by atoms with Crippen LogP contribution in [0.4, 0.5) is 5.69 Å². The van der Waals surface area contributed by atoms with Gasteiger partial charge in [-0.2, -0.15) is 0 Å². The standard InChI is InChI=1S/C18H21ClN2O4S/c1-4-20-18(22)12-21(14-7-10-17(25-3)16(19)11-14)26(23,24)15-8-5-13(2)6-9-15/h5-11H,4,12H2,1-3H3,(H,20,22). The van der Waals surface area contributed by atoms with Crippen molar-refractivity contribution in [2.24, 2.45) is 0 Å². The number of carbonyl (C=O) groups is 1. The third-order valence-corrected chi connectivity index (χ3v) is 5.78. The second-order valence-electron chi connectivity index (χ2n) is 5.60. The molecular formula is C18H21ClN2O4S. The Morgan fingerprint density at radius 1 is 1.19 bits per heavy atom. The molecule has 0 fully saturated rings. The third-order valence-electron chi connectivity index (χ3n) is 3.69. The molecule has 0 aromatic heterocycles. The van der Waals surface area contributed by atoms with Crippen molar-refractivity contribution >= 4 is 33.2 Å².